The highest BCUT2D eigenvalue weighted by Crippen LogP contribution is 2.49. The average molecular weight is 403 g/mol. The van der Waals surface area contributed by atoms with Crippen molar-refractivity contribution in [2.24, 2.45) is 0 Å². The molecule has 2 aliphatic rings. The number of aromatic hydroxyl groups is 1. The van der Waals surface area contributed by atoms with Crippen molar-refractivity contribution in [1.82, 2.24) is 10.6 Å². The minimum Gasteiger partial charge on any atom is -0.506 e. The zero-order valence-electron chi connectivity index (χ0n) is 15.6. The van der Waals surface area contributed by atoms with E-state index in [4.69, 9.17) is 28.6 Å². The first kappa shape index (κ1) is 18.4. The molecule has 0 unspecified atom stereocenters. The van der Waals surface area contributed by atoms with E-state index >= 15 is 0 Å². The van der Waals surface area contributed by atoms with Gasteiger partial charge in [-0.15, -0.1) is 0 Å². The molecule has 3 N–H and O–H groups in total. The molecule has 4 rings (SSSR count). The van der Waals surface area contributed by atoms with E-state index < -0.39 is 5.72 Å². The van der Waals surface area contributed by atoms with Crippen molar-refractivity contribution >= 4 is 28.9 Å². The van der Waals surface area contributed by atoms with Gasteiger partial charge in [-0.1, -0.05) is 41.4 Å². The number of benzene rings is 2. The Kier molecular flexibility index (Phi) is 4.28. The van der Waals surface area contributed by atoms with Crippen LogP contribution in [0.5, 0.6) is 11.5 Å². The van der Waals surface area contributed by atoms with Crippen LogP contribution >= 0.6 is 23.8 Å². The number of aryl methyl sites for hydroxylation is 1. The van der Waals surface area contributed by atoms with E-state index in [0.717, 1.165) is 18.4 Å². The van der Waals surface area contributed by atoms with Gasteiger partial charge in [-0.3, -0.25) is 0 Å². The number of phenolic OH excluding ortho intramolecular Hbond substituents is 1. The summed E-state index contributed by atoms with van der Waals surface area (Å²) in [6.45, 7) is 6.31. The van der Waals surface area contributed by atoms with Crippen molar-refractivity contribution in [3.63, 3.8) is 0 Å². The Morgan fingerprint density at radius 1 is 1.22 bits per heavy atom. The fourth-order valence-electron chi connectivity index (χ4n) is 4.33. The number of phenols is 1. The molecule has 27 heavy (non-hydrogen) atoms. The summed E-state index contributed by atoms with van der Waals surface area (Å²) < 4.78 is 6.43. The summed E-state index contributed by atoms with van der Waals surface area (Å²) in [5.74, 6) is 0.741. The van der Waals surface area contributed by atoms with Gasteiger partial charge >= 0.3 is 0 Å². The Labute approximate surface area is 169 Å². The number of hydrogen-bond acceptors (Lipinski definition) is 3. The predicted octanol–water partition coefficient (Wildman–Crippen LogP) is 4.61. The third-order valence-corrected chi connectivity index (χ3v) is 5.77. The summed E-state index contributed by atoms with van der Waals surface area (Å²) in [6, 6.07) is 11.9. The van der Waals surface area contributed by atoms with Crippen LogP contribution in [0, 0.1) is 6.92 Å². The molecule has 1 spiro atoms. The summed E-state index contributed by atoms with van der Waals surface area (Å²) in [5.41, 5.74) is 2.54. The van der Waals surface area contributed by atoms with E-state index in [1.54, 1.807) is 6.07 Å². The molecule has 0 radical (unpaired) electrons. The van der Waals surface area contributed by atoms with Crippen LogP contribution in [0.2, 0.25) is 5.02 Å². The number of thiocarbonyl (C=S) groups is 1. The molecule has 0 aromatic heterocycles. The molecule has 2 aromatic carbocycles. The first-order chi connectivity index (χ1) is 12.7. The van der Waals surface area contributed by atoms with E-state index in [2.05, 4.69) is 55.7 Å². The van der Waals surface area contributed by atoms with Crippen molar-refractivity contribution in [2.45, 2.75) is 50.8 Å². The van der Waals surface area contributed by atoms with Gasteiger partial charge in [0, 0.05) is 35.9 Å². The van der Waals surface area contributed by atoms with Gasteiger partial charge in [0.15, 0.2) is 10.8 Å². The highest BCUT2D eigenvalue weighted by molar-refractivity contribution is 7.80. The molecule has 142 valence electrons. The monoisotopic (exact) mass is 402 g/mol. The van der Waals surface area contributed by atoms with Crippen molar-refractivity contribution in [3.05, 3.63) is 58.1 Å². The Bertz CT molecular complexity index is 930. The van der Waals surface area contributed by atoms with Crippen molar-refractivity contribution in [3.8, 4) is 11.5 Å². The SMILES string of the molecule is Cc1cccc([C@H]2C[C@@]3(CC(C)(C)NC(=S)N3)Oc3cc(O)c(Cl)cc32)c1. The third-order valence-electron chi connectivity index (χ3n) is 5.26. The van der Waals surface area contributed by atoms with Crippen LogP contribution in [0.1, 0.15) is 49.3 Å². The smallest absolute Gasteiger partial charge is 0.185 e. The summed E-state index contributed by atoms with van der Waals surface area (Å²) in [6.07, 6.45) is 1.45. The summed E-state index contributed by atoms with van der Waals surface area (Å²) in [5, 5.41) is 17.7. The number of ether oxygens (including phenoxy) is 1. The topological polar surface area (TPSA) is 53.5 Å². The molecule has 2 aromatic rings. The fraction of sp³-hybridized carbons (Fsp3) is 0.381. The minimum atomic E-state index is -0.645. The number of rotatable bonds is 1. The molecule has 2 heterocycles. The van der Waals surface area contributed by atoms with Crippen molar-refractivity contribution < 1.29 is 9.84 Å². The quantitative estimate of drug-likeness (QED) is 0.608. The maximum absolute atomic E-state index is 10.1. The van der Waals surface area contributed by atoms with Crippen molar-refractivity contribution in [2.75, 3.05) is 0 Å². The van der Waals surface area contributed by atoms with Crippen LogP contribution in [-0.2, 0) is 0 Å². The van der Waals surface area contributed by atoms with Gasteiger partial charge in [-0.2, -0.15) is 0 Å². The standard InChI is InChI=1S/C21H23ClN2O2S/c1-12-5-4-6-13(7-12)15-10-21(11-20(2,3)23-19(27)24-21)26-18-9-17(25)16(22)8-14(15)18/h4-9,15,25H,10-11H2,1-3H3,(H2,23,24,27)/t15-,21+/m1/s1. The van der Waals surface area contributed by atoms with Crippen LogP contribution in [0.4, 0.5) is 0 Å². The molecule has 2 atom stereocenters. The lowest BCUT2D eigenvalue weighted by molar-refractivity contribution is -0.0128. The number of hydrogen-bond donors (Lipinski definition) is 3. The summed E-state index contributed by atoms with van der Waals surface area (Å²) >= 11 is 11.7. The number of halogens is 1. The highest BCUT2D eigenvalue weighted by Gasteiger charge is 2.48. The first-order valence-corrected chi connectivity index (χ1v) is 9.83. The Morgan fingerprint density at radius 2 is 2.00 bits per heavy atom. The maximum atomic E-state index is 10.1. The number of fused-ring (bicyclic) bond motifs is 1. The second-order valence-electron chi connectivity index (χ2n) is 8.25. The zero-order chi connectivity index (χ0) is 19.4. The number of nitrogens with one attached hydrogen (secondary N) is 2. The largest absolute Gasteiger partial charge is 0.506 e. The molecule has 0 saturated carbocycles. The molecule has 0 aliphatic carbocycles. The van der Waals surface area contributed by atoms with Gasteiger partial charge in [-0.25, -0.2) is 0 Å². The predicted molar refractivity (Wildman–Crippen MR) is 112 cm³/mol. The second-order valence-corrected chi connectivity index (χ2v) is 9.06. The Morgan fingerprint density at radius 3 is 2.70 bits per heavy atom. The lowest BCUT2D eigenvalue weighted by atomic mass is 9.77. The maximum Gasteiger partial charge on any atom is 0.185 e. The molecule has 6 heteroatoms. The van der Waals surface area contributed by atoms with Crippen LogP contribution in [0.25, 0.3) is 0 Å². The van der Waals surface area contributed by atoms with Crippen LogP contribution < -0.4 is 15.4 Å². The first-order valence-electron chi connectivity index (χ1n) is 9.05. The van der Waals surface area contributed by atoms with Gasteiger partial charge in [0.2, 0.25) is 0 Å². The Balaban J connectivity index is 1.85. The summed E-state index contributed by atoms with van der Waals surface area (Å²) in [4.78, 5) is 0. The zero-order valence-corrected chi connectivity index (χ0v) is 17.2. The third kappa shape index (κ3) is 3.46. The van der Waals surface area contributed by atoms with Crippen molar-refractivity contribution in [1.29, 1.82) is 0 Å². The van der Waals surface area contributed by atoms with Crippen LogP contribution in [0.3, 0.4) is 0 Å². The molecule has 0 amide bonds. The van der Waals surface area contributed by atoms with E-state index in [9.17, 15) is 5.11 Å². The molecule has 1 fully saturated rings. The normalized spacial score (nSPS) is 25.9. The fourth-order valence-corrected chi connectivity index (χ4v) is 4.96. The molecule has 0 bridgehead atoms. The minimum absolute atomic E-state index is 0.0197. The second kappa shape index (κ2) is 6.28. The highest BCUT2D eigenvalue weighted by atomic mass is 35.5. The van der Waals surface area contributed by atoms with Gasteiger partial charge in [0.1, 0.15) is 11.5 Å². The lowest BCUT2D eigenvalue weighted by Gasteiger charge is -2.50. The molecule has 1 saturated heterocycles. The lowest BCUT2D eigenvalue weighted by Crippen LogP contribution is -2.69. The van der Waals surface area contributed by atoms with Crippen LogP contribution in [-0.4, -0.2) is 21.5 Å². The van der Waals surface area contributed by atoms with E-state index in [-0.39, 0.29) is 17.2 Å². The van der Waals surface area contributed by atoms with Gasteiger partial charge < -0.3 is 20.5 Å². The molecule has 2 aliphatic heterocycles. The Hall–Kier alpha value is -1.98. The van der Waals surface area contributed by atoms with E-state index in [1.165, 1.54) is 11.1 Å². The summed E-state index contributed by atoms with van der Waals surface area (Å²) in [7, 11) is 0. The molecule has 4 nitrogen and oxygen atoms in total. The average Bonchev–Trinajstić information content (AvgIpc) is 2.54. The van der Waals surface area contributed by atoms with Gasteiger partial charge in [0.05, 0.1) is 5.02 Å². The molecular weight excluding hydrogens is 380 g/mol. The van der Waals surface area contributed by atoms with E-state index in [1.807, 2.05) is 6.07 Å². The van der Waals surface area contributed by atoms with Gasteiger partial charge in [0.25, 0.3) is 0 Å². The van der Waals surface area contributed by atoms with Gasteiger partial charge in [-0.05, 0) is 44.6 Å². The molecular formula is C21H23ClN2O2S. The van der Waals surface area contributed by atoms with E-state index in [0.29, 0.717) is 15.9 Å². The van der Waals surface area contributed by atoms with Crippen LogP contribution in [0.15, 0.2) is 36.4 Å².